The third-order valence-electron chi connectivity index (χ3n) is 3.38. The lowest BCUT2D eigenvalue weighted by Crippen LogP contribution is -2.13. The Balaban J connectivity index is 2.28. The molecule has 1 aliphatic heterocycles. The van der Waals surface area contributed by atoms with Gasteiger partial charge in [0.1, 0.15) is 10.7 Å². The van der Waals surface area contributed by atoms with Gasteiger partial charge in [0, 0.05) is 18.2 Å². The van der Waals surface area contributed by atoms with E-state index in [9.17, 15) is 13.2 Å². The SMILES string of the molecule is CCOC(=O)c1cc2c(n1C)S(=O)(=O)c1ccccc1-2. The second kappa shape index (κ2) is 4.21. The minimum absolute atomic E-state index is 0.154. The van der Waals surface area contributed by atoms with E-state index < -0.39 is 15.8 Å². The van der Waals surface area contributed by atoms with Crippen LogP contribution in [-0.2, 0) is 21.6 Å². The van der Waals surface area contributed by atoms with Crippen molar-refractivity contribution in [2.75, 3.05) is 6.61 Å². The maximum absolute atomic E-state index is 12.5. The average molecular weight is 291 g/mol. The van der Waals surface area contributed by atoms with Crippen molar-refractivity contribution in [3.8, 4) is 11.1 Å². The van der Waals surface area contributed by atoms with Crippen LogP contribution in [0.4, 0.5) is 0 Å². The molecule has 0 spiro atoms. The molecule has 3 rings (SSSR count). The lowest BCUT2D eigenvalue weighted by atomic mass is 10.1. The molecule has 0 atom stereocenters. The van der Waals surface area contributed by atoms with Crippen molar-refractivity contribution in [2.24, 2.45) is 7.05 Å². The number of carbonyl (C=O) groups is 1. The zero-order chi connectivity index (χ0) is 14.5. The van der Waals surface area contributed by atoms with Gasteiger partial charge in [0.25, 0.3) is 0 Å². The van der Waals surface area contributed by atoms with E-state index in [1.807, 2.05) is 0 Å². The van der Waals surface area contributed by atoms with Crippen LogP contribution in [0.3, 0.4) is 0 Å². The number of benzene rings is 1. The highest BCUT2D eigenvalue weighted by atomic mass is 32.2. The van der Waals surface area contributed by atoms with Gasteiger partial charge in [-0.1, -0.05) is 18.2 Å². The van der Waals surface area contributed by atoms with Gasteiger partial charge in [-0.15, -0.1) is 0 Å². The number of hydrogen-bond acceptors (Lipinski definition) is 4. The normalized spacial score (nSPS) is 14.7. The molecule has 20 heavy (non-hydrogen) atoms. The fourth-order valence-corrected chi connectivity index (χ4v) is 4.38. The van der Waals surface area contributed by atoms with Crippen LogP contribution in [0.2, 0.25) is 0 Å². The molecule has 0 saturated carbocycles. The highest BCUT2D eigenvalue weighted by Gasteiger charge is 2.37. The van der Waals surface area contributed by atoms with Crippen molar-refractivity contribution in [2.45, 2.75) is 16.8 Å². The van der Waals surface area contributed by atoms with E-state index >= 15 is 0 Å². The minimum Gasteiger partial charge on any atom is -0.461 e. The molecule has 0 unspecified atom stereocenters. The van der Waals surface area contributed by atoms with Crippen LogP contribution in [0.5, 0.6) is 0 Å². The molecular weight excluding hydrogens is 278 g/mol. The zero-order valence-corrected chi connectivity index (χ0v) is 11.9. The van der Waals surface area contributed by atoms with Crippen molar-refractivity contribution in [3.05, 3.63) is 36.0 Å². The Morgan fingerprint density at radius 1 is 1.25 bits per heavy atom. The van der Waals surface area contributed by atoms with Crippen molar-refractivity contribution in [3.63, 3.8) is 0 Å². The molecular formula is C14H13NO4S. The predicted molar refractivity (Wildman–Crippen MR) is 72.3 cm³/mol. The molecule has 0 N–H and O–H groups in total. The summed E-state index contributed by atoms with van der Waals surface area (Å²) in [5, 5.41) is 0.154. The number of ether oxygens (including phenoxy) is 1. The zero-order valence-electron chi connectivity index (χ0n) is 11.1. The van der Waals surface area contributed by atoms with E-state index in [4.69, 9.17) is 4.74 Å². The first-order chi connectivity index (χ1) is 9.48. The molecule has 1 aromatic heterocycles. The van der Waals surface area contributed by atoms with Crippen molar-refractivity contribution in [1.82, 2.24) is 4.57 Å². The van der Waals surface area contributed by atoms with Crippen molar-refractivity contribution < 1.29 is 17.9 Å². The molecule has 2 aromatic rings. The number of hydrogen-bond donors (Lipinski definition) is 0. The maximum Gasteiger partial charge on any atom is 0.354 e. The summed E-state index contributed by atoms with van der Waals surface area (Å²) in [7, 11) is -2.00. The first kappa shape index (κ1) is 12.9. The van der Waals surface area contributed by atoms with E-state index in [1.165, 1.54) is 4.57 Å². The number of nitrogens with zero attached hydrogens (tertiary/aromatic N) is 1. The summed E-state index contributed by atoms with van der Waals surface area (Å²) >= 11 is 0. The van der Waals surface area contributed by atoms with E-state index in [-0.39, 0.29) is 22.2 Å². The Kier molecular flexibility index (Phi) is 2.72. The van der Waals surface area contributed by atoms with Gasteiger partial charge in [-0.3, -0.25) is 0 Å². The third-order valence-corrected chi connectivity index (χ3v) is 5.32. The molecule has 6 heteroatoms. The van der Waals surface area contributed by atoms with E-state index in [0.717, 1.165) is 0 Å². The summed E-state index contributed by atoms with van der Waals surface area (Å²) in [5.74, 6) is -0.517. The van der Waals surface area contributed by atoms with Crippen molar-refractivity contribution in [1.29, 1.82) is 0 Å². The number of esters is 1. The van der Waals surface area contributed by atoms with Crippen LogP contribution in [-0.4, -0.2) is 25.6 Å². The summed E-state index contributed by atoms with van der Waals surface area (Å²) in [6, 6.07) is 8.37. The molecule has 0 saturated heterocycles. The smallest absolute Gasteiger partial charge is 0.354 e. The van der Waals surface area contributed by atoms with Gasteiger partial charge in [0.2, 0.25) is 9.84 Å². The number of sulfone groups is 1. The Bertz CT molecular complexity index is 818. The van der Waals surface area contributed by atoms with Crippen molar-refractivity contribution >= 4 is 15.8 Å². The molecule has 104 valence electrons. The molecule has 5 nitrogen and oxygen atoms in total. The third kappa shape index (κ3) is 1.54. The summed E-state index contributed by atoms with van der Waals surface area (Å²) in [5.41, 5.74) is 1.44. The summed E-state index contributed by atoms with van der Waals surface area (Å²) in [4.78, 5) is 12.1. The molecule has 0 radical (unpaired) electrons. The van der Waals surface area contributed by atoms with E-state index in [0.29, 0.717) is 11.1 Å². The van der Waals surface area contributed by atoms with Gasteiger partial charge in [-0.2, -0.15) is 0 Å². The number of aromatic nitrogens is 1. The molecule has 0 fully saturated rings. The van der Waals surface area contributed by atoms with Gasteiger partial charge in [-0.25, -0.2) is 13.2 Å². The number of carbonyl (C=O) groups excluding carboxylic acids is 1. The van der Waals surface area contributed by atoms with Crippen LogP contribution in [0.25, 0.3) is 11.1 Å². The first-order valence-electron chi connectivity index (χ1n) is 6.19. The lowest BCUT2D eigenvalue weighted by Gasteiger charge is -2.06. The Labute approximate surface area is 116 Å². The van der Waals surface area contributed by atoms with E-state index in [1.54, 1.807) is 44.3 Å². The van der Waals surface area contributed by atoms with Crippen LogP contribution in [0.15, 0.2) is 40.3 Å². The van der Waals surface area contributed by atoms with Crippen LogP contribution in [0, 0.1) is 0 Å². The Hall–Kier alpha value is -2.08. The molecule has 0 amide bonds. The first-order valence-corrected chi connectivity index (χ1v) is 7.68. The average Bonchev–Trinajstić information content (AvgIpc) is 2.87. The second-order valence-electron chi connectivity index (χ2n) is 4.53. The van der Waals surface area contributed by atoms with Gasteiger partial charge >= 0.3 is 5.97 Å². The van der Waals surface area contributed by atoms with Gasteiger partial charge in [0.15, 0.2) is 0 Å². The minimum atomic E-state index is -3.57. The summed E-state index contributed by atoms with van der Waals surface area (Å²) < 4.78 is 31.4. The molecule has 1 aliphatic rings. The van der Waals surface area contributed by atoms with Gasteiger partial charge in [-0.05, 0) is 19.1 Å². The monoisotopic (exact) mass is 291 g/mol. The quantitative estimate of drug-likeness (QED) is 0.677. The van der Waals surface area contributed by atoms with Crippen LogP contribution in [0.1, 0.15) is 17.4 Å². The maximum atomic E-state index is 12.5. The van der Waals surface area contributed by atoms with Crippen LogP contribution < -0.4 is 0 Å². The molecule has 1 aromatic carbocycles. The van der Waals surface area contributed by atoms with Gasteiger partial charge in [0.05, 0.1) is 11.5 Å². The molecule has 0 aliphatic carbocycles. The van der Waals surface area contributed by atoms with E-state index in [2.05, 4.69) is 0 Å². The summed E-state index contributed by atoms with van der Waals surface area (Å²) in [6.45, 7) is 1.96. The topological polar surface area (TPSA) is 65.4 Å². The highest BCUT2D eigenvalue weighted by molar-refractivity contribution is 7.92. The standard InChI is InChI=1S/C14H13NO4S/c1-3-19-14(16)11-8-10-9-6-4-5-7-12(9)20(17,18)13(10)15(11)2/h4-8H,3H2,1-2H3. The number of rotatable bonds is 2. The Morgan fingerprint density at radius 2 is 1.95 bits per heavy atom. The van der Waals surface area contributed by atoms with Crippen LogP contribution >= 0.6 is 0 Å². The fourth-order valence-electron chi connectivity index (χ4n) is 2.53. The molecule has 2 heterocycles. The Morgan fingerprint density at radius 3 is 2.65 bits per heavy atom. The highest BCUT2D eigenvalue weighted by Crippen LogP contribution is 2.44. The lowest BCUT2D eigenvalue weighted by molar-refractivity contribution is 0.0514. The summed E-state index contributed by atoms with van der Waals surface area (Å²) in [6.07, 6.45) is 0. The predicted octanol–water partition coefficient (Wildman–Crippen LogP) is 2.02. The largest absolute Gasteiger partial charge is 0.461 e. The number of fused-ring (bicyclic) bond motifs is 3. The molecule has 0 bridgehead atoms. The van der Waals surface area contributed by atoms with Gasteiger partial charge < -0.3 is 9.30 Å². The fraction of sp³-hybridized carbons (Fsp3) is 0.214. The second-order valence-corrected chi connectivity index (χ2v) is 6.36.